The van der Waals surface area contributed by atoms with E-state index in [-0.39, 0.29) is 6.54 Å². The molecule has 0 saturated carbocycles. The third-order valence-electron chi connectivity index (χ3n) is 5.98. The van der Waals surface area contributed by atoms with Crippen LogP contribution in [0.5, 0.6) is 0 Å². The fourth-order valence-electron chi connectivity index (χ4n) is 4.03. The van der Waals surface area contributed by atoms with Gasteiger partial charge in [-0.2, -0.15) is 5.10 Å². The zero-order valence-corrected chi connectivity index (χ0v) is 18.6. The molecule has 1 aliphatic rings. The van der Waals surface area contributed by atoms with E-state index in [1.807, 2.05) is 36.5 Å². The van der Waals surface area contributed by atoms with Gasteiger partial charge in [0, 0.05) is 24.2 Å². The van der Waals surface area contributed by atoms with Crippen LogP contribution in [-0.2, 0) is 21.7 Å². The highest BCUT2D eigenvalue weighted by Gasteiger charge is 2.45. The molecule has 2 aromatic heterocycles. The summed E-state index contributed by atoms with van der Waals surface area (Å²) in [4.78, 5) is 35.2. The first-order valence-corrected chi connectivity index (χ1v) is 10.6. The van der Waals surface area contributed by atoms with E-state index < -0.39 is 35.6 Å². The molecular weight excluding hydrogens is 424 g/mol. The van der Waals surface area contributed by atoms with Crippen molar-refractivity contribution in [1.82, 2.24) is 30.0 Å². The van der Waals surface area contributed by atoms with Gasteiger partial charge in [0.1, 0.15) is 6.33 Å². The van der Waals surface area contributed by atoms with Crippen molar-refractivity contribution < 1.29 is 19.8 Å². The number of carbonyl (C=O) groups excluding carboxylic acids is 2. The van der Waals surface area contributed by atoms with Gasteiger partial charge in [0.15, 0.2) is 12.2 Å². The summed E-state index contributed by atoms with van der Waals surface area (Å²) in [7, 11) is 0. The third kappa shape index (κ3) is 4.22. The molecular formula is C23H26N6O4. The van der Waals surface area contributed by atoms with E-state index in [4.69, 9.17) is 0 Å². The summed E-state index contributed by atoms with van der Waals surface area (Å²) in [5.74, 6) is -1.59. The predicted molar refractivity (Wildman–Crippen MR) is 118 cm³/mol. The lowest BCUT2D eigenvalue weighted by Gasteiger charge is -2.34. The summed E-state index contributed by atoms with van der Waals surface area (Å²) >= 11 is 0. The summed E-state index contributed by atoms with van der Waals surface area (Å²) in [6.45, 7) is 5.52. The maximum Gasteiger partial charge on any atom is 0.255 e. The van der Waals surface area contributed by atoms with Crippen LogP contribution in [-0.4, -0.2) is 58.9 Å². The molecule has 3 heterocycles. The van der Waals surface area contributed by atoms with E-state index >= 15 is 0 Å². The quantitative estimate of drug-likeness (QED) is 0.507. The van der Waals surface area contributed by atoms with Crippen molar-refractivity contribution in [1.29, 1.82) is 0 Å². The second-order valence-electron chi connectivity index (χ2n) is 8.54. The summed E-state index contributed by atoms with van der Waals surface area (Å²) in [6.07, 6.45) is 2.68. The van der Waals surface area contributed by atoms with Crippen molar-refractivity contribution in [2.24, 2.45) is 0 Å². The van der Waals surface area contributed by atoms with Crippen molar-refractivity contribution in [3.8, 4) is 5.69 Å². The Balaban J connectivity index is 1.40. The van der Waals surface area contributed by atoms with E-state index in [0.29, 0.717) is 5.69 Å². The number of aromatic nitrogens is 4. The van der Waals surface area contributed by atoms with Crippen molar-refractivity contribution in [3.63, 3.8) is 0 Å². The van der Waals surface area contributed by atoms with Crippen LogP contribution in [0.1, 0.15) is 43.6 Å². The minimum atomic E-state index is -1.92. The summed E-state index contributed by atoms with van der Waals surface area (Å²) in [6, 6.07) is 8.75. The van der Waals surface area contributed by atoms with E-state index in [1.165, 1.54) is 11.2 Å². The van der Waals surface area contributed by atoms with Crippen LogP contribution < -0.4 is 5.32 Å². The van der Waals surface area contributed by atoms with Crippen molar-refractivity contribution in [2.75, 3.05) is 0 Å². The van der Waals surface area contributed by atoms with E-state index in [9.17, 15) is 19.8 Å². The summed E-state index contributed by atoms with van der Waals surface area (Å²) < 4.78 is 1.71. The zero-order chi connectivity index (χ0) is 23.8. The van der Waals surface area contributed by atoms with Gasteiger partial charge in [-0.3, -0.25) is 9.59 Å². The van der Waals surface area contributed by atoms with Gasteiger partial charge >= 0.3 is 0 Å². The Morgan fingerprint density at radius 2 is 1.88 bits per heavy atom. The van der Waals surface area contributed by atoms with Crippen LogP contribution in [0.2, 0.25) is 0 Å². The van der Waals surface area contributed by atoms with Crippen molar-refractivity contribution in [3.05, 3.63) is 72.1 Å². The zero-order valence-electron chi connectivity index (χ0n) is 18.6. The number of aliphatic hydroxyl groups is 2. The topological polar surface area (TPSA) is 133 Å². The first kappa shape index (κ1) is 22.6. The lowest BCUT2D eigenvalue weighted by molar-refractivity contribution is -0.157. The number of hydrogen-bond donors (Lipinski definition) is 3. The monoisotopic (exact) mass is 450 g/mol. The van der Waals surface area contributed by atoms with E-state index in [1.54, 1.807) is 37.8 Å². The van der Waals surface area contributed by atoms with Crippen LogP contribution in [0.4, 0.5) is 0 Å². The lowest BCUT2D eigenvalue weighted by Crippen LogP contribution is -2.53. The standard InChI is InChI=1S/C23H26N6O4/c1-14(15-5-7-17(8-6-15)29-10-4-9-26-29)27-21(32)18(30)19(31)22(33)28-12-16-11-24-13-25-20(16)23(28,2)3/h4-11,13-14,18-19,30-31H,12H2,1-3H3,(H,27,32)/t14-,18-,19-/m1/s1. The fraction of sp³-hybridized carbons (Fsp3) is 0.348. The molecule has 2 amide bonds. The molecule has 3 atom stereocenters. The molecule has 3 N–H and O–H groups in total. The second-order valence-corrected chi connectivity index (χ2v) is 8.54. The average Bonchev–Trinajstić information content (AvgIpc) is 3.44. The van der Waals surface area contributed by atoms with Crippen LogP contribution in [0, 0.1) is 0 Å². The fourth-order valence-corrected chi connectivity index (χ4v) is 4.03. The molecule has 0 unspecified atom stereocenters. The van der Waals surface area contributed by atoms with Gasteiger partial charge in [-0.25, -0.2) is 14.6 Å². The molecule has 0 bridgehead atoms. The van der Waals surface area contributed by atoms with Gasteiger partial charge < -0.3 is 20.4 Å². The molecule has 1 aromatic carbocycles. The Morgan fingerprint density at radius 3 is 2.52 bits per heavy atom. The number of carbonyl (C=O) groups is 2. The first-order chi connectivity index (χ1) is 15.7. The Kier molecular flexibility index (Phi) is 5.96. The molecule has 10 heteroatoms. The summed E-state index contributed by atoms with van der Waals surface area (Å²) in [5, 5.41) is 27.7. The normalized spacial score (nSPS) is 17.2. The number of rotatable bonds is 6. The Hall–Kier alpha value is -3.63. The highest BCUT2D eigenvalue weighted by molar-refractivity contribution is 5.91. The average molecular weight is 450 g/mol. The maximum atomic E-state index is 13.0. The number of hydrogen-bond acceptors (Lipinski definition) is 7. The SMILES string of the molecule is C[C@@H](NC(=O)[C@H](O)[C@@H](O)C(=O)N1Cc2cncnc2C1(C)C)c1ccc(-n2cccn2)cc1. The molecule has 4 rings (SSSR count). The minimum absolute atomic E-state index is 0.187. The predicted octanol–water partition coefficient (Wildman–Crippen LogP) is 0.839. The highest BCUT2D eigenvalue weighted by Crippen LogP contribution is 2.37. The second kappa shape index (κ2) is 8.72. The first-order valence-electron chi connectivity index (χ1n) is 10.6. The molecule has 0 aliphatic carbocycles. The number of nitrogens with one attached hydrogen (secondary N) is 1. The van der Waals surface area contributed by atoms with Gasteiger partial charge in [-0.05, 0) is 44.5 Å². The van der Waals surface area contributed by atoms with Crippen molar-refractivity contribution in [2.45, 2.75) is 51.1 Å². The van der Waals surface area contributed by atoms with Crippen LogP contribution in [0.15, 0.2) is 55.2 Å². The molecule has 3 aromatic rings. The molecule has 0 spiro atoms. The number of aliphatic hydroxyl groups excluding tert-OH is 2. The minimum Gasteiger partial charge on any atom is -0.380 e. The Labute approximate surface area is 190 Å². The van der Waals surface area contributed by atoms with E-state index in [2.05, 4.69) is 20.4 Å². The van der Waals surface area contributed by atoms with Gasteiger partial charge in [-0.15, -0.1) is 0 Å². The Morgan fingerprint density at radius 1 is 1.15 bits per heavy atom. The van der Waals surface area contributed by atoms with Gasteiger partial charge in [0.2, 0.25) is 0 Å². The third-order valence-corrected chi connectivity index (χ3v) is 5.98. The van der Waals surface area contributed by atoms with Gasteiger partial charge in [-0.1, -0.05) is 12.1 Å². The van der Waals surface area contributed by atoms with Gasteiger partial charge in [0.05, 0.1) is 29.5 Å². The van der Waals surface area contributed by atoms with E-state index in [0.717, 1.165) is 16.8 Å². The highest BCUT2D eigenvalue weighted by atomic mass is 16.3. The molecule has 0 fully saturated rings. The molecule has 172 valence electrons. The maximum absolute atomic E-state index is 13.0. The molecule has 33 heavy (non-hydrogen) atoms. The van der Waals surface area contributed by atoms with Crippen LogP contribution in [0.3, 0.4) is 0 Å². The largest absolute Gasteiger partial charge is 0.380 e. The number of nitrogens with zero attached hydrogens (tertiary/aromatic N) is 5. The Bertz CT molecular complexity index is 1150. The van der Waals surface area contributed by atoms with Gasteiger partial charge in [0.25, 0.3) is 11.8 Å². The number of amides is 2. The molecule has 1 aliphatic heterocycles. The number of benzene rings is 1. The lowest BCUT2D eigenvalue weighted by atomic mass is 9.99. The summed E-state index contributed by atoms with van der Waals surface area (Å²) in [5.41, 5.74) is 2.28. The molecule has 10 nitrogen and oxygen atoms in total. The van der Waals surface area contributed by atoms with Crippen molar-refractivity contribution >= 4 is 11.8 Å². The molecule has 0 saturated heterocycles. The smallest absolute Gasteiger partial charge is 0.255 e. The molecule has 0 radical (unpaired) electrons. The van der Waals surface area contributed by atoms with Crippen LogP contribution in [0.25, 0.3) is 5.69 Å². The van der Waals surface area contributed by atoms with Crippen LogP contribution >= 0.6 is 0 Å². The number of fused-ring (bicyclic) bond motifs is 1.